The zero-order valence-corrected chi connectivity index (χ0v) is 8.23. The molecule has 0 amide bonds. The van der Waals surface area contributed by atoms with Gasteiger partial charge < -0.3 is 9.82 Å². The number of hydrogen-bond acceptors (Lipinski definition) is 3. The van der Waals surface area contributed by atoms with Gasteiger partial charge in [0.25, 0.3) is 0 Å². The predicted molar refractivity (Wildman–Crippen MR) is 57.7 cm³/mol. The number of nitrogens with zero attached hydrogens (tertiary/aromatic N) is 1. The lowest BCUT2D eigenvalue weighted by atomic mass is 10.2. The Hall–Kier alpha value is -2.10. The highest BCUT2D eigenvalue weighted by Gasteiger charge is 1.95. The molecule has 2 rings (SSSR count). The van der Waals surface area contributed by atoms with Crippen molar-refractivity contribution in [2.45, 2.75) is 6.92 Å². The summed E-state index contributed by atoms with van der Waals surface area (Å²) in [5, 5.41) is 4.68. The minimum atomic E-state index is -0.424. The van der Waals surface area contributed by atoms with Crippen molar-refractivity contribution in [1.29, 1.82) is 0 Å². The molecule has 0 saturated heterocycles. The fourth-order valence-electron chi connectivity index (χ4n) is 1.31. The molecule has 0 unspecified atom stereocenters. The number of H-pyrrole nitrogens is 1. The second-order valence-corrected chi connectivity index (χ2v) is 3.14. The average molecular weight is 202 g/mol. The maximum absolute atomic E-state index is 10.5. The molecule has 0 aliphatic carbocycles. The highest BCUT2D eigenvalue weighted by atomic mass is 16.7. The molecular weight excluding hydrogens is 192 g/mol. The topological polar surface area (TPSA) is 54.4 Å². The van der Waals surface area contributed by atoms with Gasteiger partial charge in [-0.3, -0.25) is 0 Å². The van der Waals surface area contributed by atoms with Crippen LogP contribution < -0.4 is 0 Å². The molecule has 2 aromatic rings. The number of aromatic nitrogens is 1. The van der Waals surface area contributed by atoms with Gasteiger partial charge in [-0.05, 0) is 23.1 Å². The first-order chi connectivity index (χ1) is 7.25. The molecule has 0 aliphatic heterocycles. The Kier molecular flexibility index (Phi) is 2.49. The van der Waals surface area contributed by atoms with E-state index in [0.717, 1.165) is 16.5 Å². The maximum Gasteiger partial charge on any atom is 0.331 e. The molecule has 15 heavy (non-hydrogen) atoms. The molecule has 4 nitrogen and oxygen atoms in total. The SMILES string of the molecule is CC(=O)O/N=C/c1ccc2cc[nH]c2c1. The van der Waals surface area contributed by atoms with Crippen molar-refractivity contribution in [1.82, 2.24) is 4.98 Å². The van der Waals surface area contributed by atoms with Gasteiger partial charge in [0, 0.05) is 18.6 Å². The monoisotopic (exact) mass is 202 g/mol. The van der Waals surface area contributed by atoms with E-state index in [1.165, 1.54) is 13.1 Å². The summed E-state index contributed by atoms with van der Waals surface area (Å²) in [5.74, 6) is -0.424. The van der Waals surface area contributed by atoms with Gasteiger partial charge >= 0.3 is 5.97 Å². The van der Waals surface area contributed by atoms with Crippen LogP contribution in [0.15, 0.2) is 35.6 Å². The van der Waals surface area contributed by atoms with Crippen LogP contribution in [-0.4, -0.2) is 17.2 Å². The van der Waals surface area contributed by atoms with Crippen LogP contribution in [0, 0.1) is 0 Å². The van der Waals surface area contributed by atoms with Crippen molar-refractivity contribution in [3.63, 3.8) is 0 Å². The van der Waals surface area contributed by atoms with Crippen molar-refractivity contribution in [2.24, 2.45) is 5.16 Å². The Morgan fingerprint density at radius 2 is 2.33 bits per heavy atom. The lowest BCUT2D eigenvalue weighted by Gasteiger charge is -1.93. The Bertz CT molecular complexity index is 514. The second-order valence-electron chi connectivity index (χ2n) is 3.14. The standard InChI is InChI=1S/C11H10N2O2/c1-8(14)15-13-7-9-2-3-10-4-5-12-11(10)6-9/h2-7,12H,1H3/b13-7+. The van der Waals surface area contributed by atoms with E-state index >= 15 is 0 Å². The fourth-order valence-corrected chi connectivity index (χ4v) is 1.31. The van der Waals surface area contributed by atoms with Crippen LogP contribution in [0.4, 0.5) is 0 Å². The van der Waals surface area contributed by atoms with Crippen LogP contribution in [0.2, 0.25) is 0 Å². The van der Waals surface area contributed by atoms with Crippen LogP contribution in [0.3, 0.4) is 0 Å². The summed E-state index contributed by atoms with van der Waals surface area (Å²) >= 11 is 0. The number of fused-ring (bicyclic) bond motifs is 1. The quantitative estimate of drug-likeness (QED) is 0.460. The van der Waals surface area contributed by atoms with Gasteiger partial charge in [-0.1, -0.05) is 17.3 Å². The van der Waals surface area contributed by atoms with Crippen molar-refractivity contribution in [3.05, 3.63) is 36.0 Å². The van der Waals surface area contributed by atoms with Gasteiger partial charge in [-0.2, -0.15) is 0 Å². The van der Waals surface area contributed by atoms with Crippen molar-refractivity contribution in [3.8, 4) is 0 Å². The highest BCUT2D eigenvalue weighted by molar-refractivity contribution is 5.88. The summed E-state index contributed by atoms with van der Waals surface area (Å²) < 4.78 is 0. The Labute approximate surface area is 86.5 Å². The number of carbonyl (C=O) groups excluding carboxylic acids is 1. The molecule has 0 spiro atoms. The third-order valence-electron chi connectivity index (χ3n) is 1.96. The summed E-state index contributed by atoms with van der Waals surface area (Å²) in [6.07, 6.45) is 3.37. The van der Waals surface area contributed by atoms with E-state index in [1.807, 2.05) is 30.5 Å². The number of nitrogens with one attached hydrogen (secondary N) is 1. The first kappa shape index (κ1) is 9.45. The second kappa shape index (κ2) is 3.96. The molecule has 0 fully saturated rings. The zero-order valence-electron chi connectivity index (χ0n) is 8.23. The van der Waals surface area contributed by atoms with Crippen LogP contribution in [0.25, 0.3) is 10.9 Å². The molecule has 1 N–H and O–H groups in total. The Balaban J connectivity index is 2.21. The van der Waals surface area contributed by atoms with Gasteiger partial charge in [0.2, 0.25) is 0 Å². The Morgan fingerprint density at radius 3 is 3.13 bits per heavy atom. The van der Waals surface area contributed by atoms with Gasteiger partial charge in [0.05, 0.1) is 6.21 Å². The normalized spacial score (nSPS) is 11.0. The van der Waals surface area contributed by atoms with Gasteiger partial charge in [0.1, 0.15) is 0 Å². The van der Waals surface area contributed by atoms with E-state index in [2.05, 4.69) is 15.0 Å². The van der Waals surface area contributed by atoms with E-state index in [0.29, 0.717) is 0 Å². The first-order valence-electron chi connectivity index (χ1n) is 4.54. The van der Waals surface area contributed by atoms with Crippen LogP contribution in [0.5, 0.6) is 0 Å². The minimum Gasteiger partial charge on any atom is -0.361 e. The van der Waals surface area contributed by atoms with E-state index < -0.39 is 5.97 Å². The molecule has 0 radical (unpaired) electrons. The zero-order chi connectivity index (χ0) is 10.7. The predicted octanol–water partition coefficient (Wildman–Crippen LogP) is 2.06. The molecule has 0 bridgehead atoms. The van der Waals surface area contributed by atoms with Crippen molar-refractivity contribution >= 4 is 23.1 Å². The largest absolute Gasteiger partial charge is 0.361 e. The molecule has 1 aromatic heterocycles. The summed E-state index contributed by atoms with van der Waals surface area (Å²) in [5.41, 5.74) is 1.91. The number of benzene rings is 1. The fraction of sp³-hybridized carbons (Fsp3) is 0.0909. The maximum atomic E-state index is 10.5. The number of oxime groups is 1. The van der Waals surface area contributed by atoms with Gasteiger partial charge in [-0.15, -0.1) is 0 Å². The lowest BCUT2D eigenvalue weighted by molar-refractivity contribution is -0.140. The van der Waals surface area contributed by atoms with E-state index in [-0.39, 0.29) is 0 Å². The highest BCUT2D eigenvalue weighted by Crippen LogP contribution is 2.12. The summed E-state index contributed by atoms with van der Waals surface area (Å²) in [4.78, 5) is 18.0. The van der Waals surface area contributed by atoms with Crippen molar-refractivity contribution in [2.75, 3.05) is 0 Å². The number of hydrogen-bond donors (Lipinski definition) is 1. The third kappa shape index (κ3) is 2.22. The average Bonchev–Trinajstić information content (AvgIpc) is 2.64. The third-order valence-corrected chi connectivity index (χ3v) is 1.96. The molecule has 4 heteroatoms. The lowest BCUT2D eigenvalue weighted by Crippen LogP contribution is -1.91. The van der Waals surface area contributed by atoms with E-state index in [1.54, 1.807) is 0 Å². The van der Waals surface area contributed by atoms with Crippen LogP contribution >= 0.6 is 0 Å². The summed E-state index contributed by atoms with van der Waals surface area (Å²) in [6, 6.07) is 7.80. The van der Waals surface area contributed by atoms with E-state index in [9.17, 15) is 4.79 Å². The summed E-state index contributed by atoms with van der Waals surface area (Å²) in [6.45, 7) is 1.31. The Morgan fingerprint density at radius 1 is 1.47 bits per heavy atom. The smallest absolute Gasteiger partial charge is 0.331 e. The number of carbonyl (C=O) groups is 1. The van der Waals surface area contributed by atoms with Crippen molar-refractivity contribution < 1.29 is 9.63 Å². The molecule has 1 aromatic carbocycles. The molecule has 0 aliphatic rings. The molecule has 76 valence electrons. The number of rotatable bonds is 2. The van der Waals surface area contributed by atoms with Gasteiger partial charge in [0.15, 0.2) is 0 Å². The molecular formula is C11H10N2O2. The van der Waals surface area contributed by atoms with Gasteiger partial charge in [-0.25, -0.2) is 4.79 Å². The van der Waals surface area contributed by atoms with Crippen LogP contribution in [0.1, 0.15) is 12.5 Å². The molecule has 0 atom stereocenters. The summed E-state index contributed by atoms with van der Waals surface area (Å²) in [7, 11) is 0. The number of aromatic amines is 1. The molecule has 0 saturated carbocycles. The van der Waals surface area contributed by atoms with E-state index in [4.69, 9.17) is 0 Å². The first-order valence-corrected chi connectivity index (χ1v) is 4.54. The molecule has 1 heterocycles. The minimum absolute atomic E-state index is 0.424. The van der Waals surface area contributed by atoms with Crippen LogP contribution in [-0.2, 0) is 9.63 Å².